The van der Waals surface area contributed by atoms with Gasteiger partial charge in [0, 0.05) is 0 Å². The average Bonchev–Trinajstić information content (AvgIpc) is 3.47. The first kappa shape index (κ1) is 27.7. The van der Waals surface area contributed by atoms with Gasteiger partial charge in [0.15, 0.2) is 0 Å². The van der Waals surface area contributed by atoms with Gasteiger partial charge in [-0.05, 0) is 63.1 Å². The van der Waals surface area contributed by atoms with Crippen molar-refractivity contribution in [2.75, 3.05) is 20.1 Å². The minimum absolute atomic E-state index is 0.106. The lowest BCUT2D eigenvalue weighted by Gasteiger charge is -2.33. The fourth-order valence-electron chi connectivity index (χ4n) is 4.66. The van der Waals surface area contributed by atoms with Crippen LogP contribution in [0.25, 0.3) is 6.08 Å². The van der Waals surface area contributed by atoms with Crippen molar-refractivity contribution in [2.45, 2.75) is 44.3 Å². The SMILES string of the molecule is CNC(Cc1ccccc1)C(=O)NC(CC1(C)CN=CN1)C1=N/C(=C\c2ccc(O)cc2)C(=O)N1CC(C)=O. The average molecular weight is 531 g/mol. The van der Waals surface area contributed by atoms with Crippen LogP contribution in [0.4, 0.5) is 0 Å². The Morgan fingerprint density at radius 1 is 1.18 bits per heavy atom. The number of carbonyl (C=O) groups excluding carboxylic acids is 3. The molecule has 0 spiro atoms. The summed E-state index contributed by atoms with van der Waals surface area (Å²) in [6, 6.07) is 14.9. The maximum absolute atomic E-state index is 13.5. The van der Waals surface area contributed by atoms with Crippen molar-refractivity contribution in [2.24, 2.45) is 9.98 Å². The van der Waals surface area contributed by atoms with E-state index in [9.17, 15) is 19.5 Å². The molecule has 0 radical (unpaired) electrons. The van der Waals surface area contributed by atoms with Crippen LogP contribution in [0.1, 0.15) is 31.4 Å². The Hall–Kier alpha value is -4.31. The number of hydrogen-bond donors (Lipinski definition) is 4. The third-order valence-corrected chi connectivity index (χ3v) is 6.73. The number of aromatic hydroxyl groups is 1. The number of ketones is 1. The maximum Gasteiger partial charge on any atom is 0.278 e. The van der Waals surface area contributed by atoms with E-state index in [-0.39, 0.29) is 29.7 Å². The van der Waals surface area contributed by atoms with Crippen LogP contribution in [0.2, 0.25) is 0 Å². The van der Waals surface area contributed by atoms with Gasteiger partial charge in [0.05, 0.1) is 37.1 Å². The molecule has 0 bridgehead atoms. The third kappa shape index (κ3) is 6.97. The molecule has 2 aliphatic rings. The molecule has 0 saturated heterocycles. The number of benzene rings is 2. The first-order valence-electron chi connectivity index (χ1n) is 12.9. The van der Waals surface area contributed by atoms with E-state index >= 15 is 0 Å². The first-order chi connectivity index (χ1) is 18.7. The molecule has 2 aliphatic heterocycles. The first-order valence-corrected chi connectivity index (χ1v) is 12.9. The molecule has 0 aliphatic carbocycles. The van der Waals surface area contributed by atoms with Gasteiger partial charge in [-0.15, -0.1) is 0 Å². The molecule has 0 saturated carbocycles. The van der Waals surface area contributed by atoms with Crippen LogP contribution in [0, 0.1) is 0 Å². The number of carbonyl (C=O) groups is 3. The number of rotatable bonds is 11. The normalized spacial score (nSPS) is 21.0. The molecule has 0 fully saturated rings. The minimum atomic E-state index is -0.683. The highest BCUT2D eigenvalue weighted by Gasteiger charge is 2.40. The molecule has 2 aromatic carbocycles. The van der Waals surface area contributed by atoms with Crippen molar-refractivity contribution in [1.82, 2.24) is 20.9 Å². The number of amidine groups is 1. The Morgan fingerprint density at radius 3 is 2.51 bits per heavy atom. The Balaban J connectivity index is 1.67. The van der Waals surface area contributed by atoms with Crippen molar-refractivity contribution in [1.29, 1.82) is 0 Å². The van der Waals surface area contributed by atoms with Gasteiger partial charge in [0.1, 0.15) is 23.1 Å². The summed E-state index contributed by atoms with van der Waals surface area (Å²) in [6.45, 7) is 3.71. The van der Waals surface area contributed by atoms with Crippen LogP contribution in [0.5, 0.6) is 5.75 Å². The number of nitrogens with zero attached hydrogens (tertiary/aromatic N) is 3. The van der Waals surface area contributed by atoms with E-state index in [0.29, 0.717) is 30.8 Å². The number of nitrogens with one attached hydrogen (secondary N) is 3. The van der Waals surface area contributed by atoms with E-state index in [4.69, 9.17) is 0 Å². The van der Waals surface area contributed by atoms with Crippen molar-refractivity contribution < 1.29 is 19.5 Å². The summed E-state index contributed by atoms with van der Waals surface area (Å²) in [5, 5.41) is 19.0. The molecule has 10 heteroatoms. The Labute approximate surface area is 227 Å². The van der Waals surface area contributed by atoms with Gasteiger partial charge in [-0.25, -0.2) is 4.99 Å². The zero-order valence-corrected chi connectivity index (χ0v) is 22.3. The summed E-state index contributed by atoms with van der Waals surface area (Å²) in [4.78, 5) is 49.5. The molecule has 2 amide bonds. The molecule has 3 unspecified atom stereocenters. The number of likely N-dealkylation sites (N-methyl/N-ethyl adjacent to an activating group) is 1. The summed E-state index contributed by atoms with van der Waals surface area (Å²) >= 11 is 0. The fourth-order valence-corrected chi connectivity index (χ4v) is 4.66. The third-order valence-electron chi connectivity index (χ3n) is 6.73. The standard InChI is InChI=1S/C29H34N6O4/c1-19(36)16-35-26(33-24(28(35)39)14-21-9-11-22(37)12-10-21)25(15-29(2)17-31-18-32-29)34-27(38)23(30-3)13-20-7-5-4-6-8-20/h4-12,14,18,23,25,30,37H,13,15-17H2,1-3H3,(H,31,32)(H,34,38)/b24-14-. The van der Waals surface area contributed by atoms with Gasteiger partial charge < -0.3 is 21.1 Å². The lowest BCUT2D eigenvalue weighted by molar-refractivity contribution is -0.127. The number of aliphatic imine (C=N–C) groups is 2. The summed E-state index contributed by atoms with van der Waals surface area (Å²) in [5.74, 6) is -0.476. The number of phenolic OH excluding ortho intramolecular Hbond substituents is 1. The summed E-state index contributed by atoms with van der Waals surface area (Å²) in [7, 11) is 1.73. The second-order valence-electron chi connectivity index (χ2n) is 10.2. The zero-order chi connectivity index (χ0) is 28.0. The smallest absolute Gasteiger partial charge is 0.278 e. The van der Waals surface area contributed by atoms with Crippen LogP contribution >= 0.6 is 0 Å². The number of phenols is 1. The van der Waals surface area contributed by atoms with Gasteiger partial charge in [-0.1, -0.05) is 42.5 Å². The highest BCUT2D eigenvalue weighted by Crippen LogP contribution is 2.25. The van der Waals surface area contributed by atoms with Crippen LogP contribution in [0.15, 0.2) is 70.3 Å². The molecule has 39 heavy (non-hydrogen) atoms. The lowest BCUT2D eigenvalue weighted by Crippen LogP contribution is -2.57. The molecular formula is C29H34N6O4. The lowest BCUT2D eigenvalue weighted by atomic mass is 9.92. The molecule has 2 heterocycles. The monoisotopic (exact) mass is 530 g/mol. The molecule has 0 aromatic heterocycles. The molecule has 10 nitrogen and oxygen atoms in total. The van der Waals surface area contributed by atoms with Gasteiger partial charge in [-0.2, -0.15) is 0 Å². The largest absolute Gasteiger partial charge is 0.508 e. The molecule has 204 valence electrons. The van der Waals surface area contributed by atoms with E-state index in [1.54, 1.807) is 31.6 Å². The van der Waals surface area contributed by atoms with Gasteiger partial charge >= 0.3 is 0 Å². The van der Waals surface area contributed by atoms with E-state index in [1.807, 2.05) is 37.3 Å². The van der Waals surface area contributed by atoms with E-state index in [0.717, 1.165) is 5.56 Å². The number of Topliss-reactive ketones (excluding diaryl/α,β-unsaturated/α-hetero) is 1. The van der Waals surface area contributed by atoms with Crippen molar-refractivity contribution in [3.05, 3.63) is 71.4 Å². The highest BCUT2D eigenvalue weighted by atomic mass is 16.3. The summed E-state index contributed by atoms with van der Waals surface area (Å²) in [5.41, 5.74) is 1.34. The van der Waals surface area contributed by atoms with E-state index in [2.05, 4.69) is 25.9 Å². The number of hydrogen-bond acceptors (Lipinski definition) is 8. The van der Waals surface area contributed by atoms with Crippen molar-refractivity contribution in [3.63, 3.8) is 0 Å². The maximum atomic E-state index is 13.5. The van der Waals surface area contributed by atoms with Crippen LogP contribution in [-0.2, 0) is 20.8 Å². The Kier molecular flexibility index (Phi) is 8.55. The van der Waals surface area contributed by atoms with Crippen LogP contribution < -0.4 is 16.0 Å². The van der Waals surface area contributed by atoms with E-state index in [1.165, 1.54) is 24.0 Å². The summed E-state index contributed by atoms with van der Waals surface area (Å²) < 4.78 is 0. The Morgan fingerprint density at radius 2 is 1.90 bits per heavy atom. The second-order valence-corrected chi connectivity index (χ2v) is 10.2. The minimum Gasteiger partial charge on any atom is -0.508 e. The molecule has 2 aromatic rings. The molecule has 3 atom stereocenters. The predicted octanol–water partition coefficient (Wildman–Crippen LogP) is 1.66. The molecular weight excluding hydrogens is 496 g/mol. The van der Waals surface area contributed by atoms with E-state index < -0.39 is 23.5 Å². The predicted molar refractivity (Wildman–Crippen MR) is 150 cm³/mol. The molecule has 4 rings (SSSR count). The van der Waals surface area contributed by atoms with Crippen molar-refractivity contribution >= 4 is 35.8 Å². The van der Waals surface area contributed by atoms with Gasteiger partial charge in [-0.3, -0.25) is 24.3 Å². The van der Waals surface area contributed by atoms with Gasteiger partial charge in [0.2, 0.25) is 5.91 Å². The molecule has 4 N–H and O–H groups in total. The fraction of sp³-hybridized carbons (Fsp3) is 0.345. The van der Waals surface area contributed by atoms with Crippen LogP contribution in [0.3, 0.4) is 0 Å². The highest BCUT2D eigenvalue weighted by molar-refractivity contribution is 6.17. The summed E-state index contributed by atoms with van der Waals surface area (Å²) in [6.07, 6.45) is 4.09. The second kappa shape index (κ2) is 12.0. The Bertz CT molecular complexity index is 1290. The van der Waals surface area contributed by atoms with Crippen molar-refractivity contribution in [3.8, 4) is 5.75 Å². The topological polar surface area (TPSA) is 135 Å². The number of amides is 2. The quantitative estimate of drug-likeness (QED) is 0.327. The zero-order valence-electron chi connectivity index (χ0n) is 22.3. The van der Waals surface area contributed by atoms with Crippen LogP contribution in [-0.4, -0.2) is 77.5 Å². The van der Waals surface area contributed by atoms with Gasteiger partial charge in [0.25, 0.3) is 5.91 Å².